The Morgan fingerprint density at radius 1 is 1.28 bits per heavy atom. The van der Waals surface area contributed by atoms with Crippen LogP contribution in [0.1, 0.15) is 22.5 Å². The lowest BCUT2D eigenvalue weighted by Crippen LogP contribution is -2.02. The molecule has 92 valence electrons. The zero-order valence-corrected chi connectivity index (χ0v) is 10.6. The first kappa shape index (κ1) is 12.4. The number of hydrogen-bond donors (Lipinski definition) is 1. The summed E-state index contributed by atoms with van der Waals surface area (Å²) in [4.78, 5) is 4.29. The molecule has 1 aromatic carbocycles. The fourth-order valence-corrected chi connectivity index (χ4v) is 1.80. The van der Waals surface area contributed by atoms with E-state index in [1.54, 1.807) is 0 Å². The average Bonchev–Trinajstić information content (AvgIpc) is 2.70. The van der Waals surface area contributed by atoms with Crippen LogP contribution in [0.5, 0.6) is 0 Å². The molecule has 2 rings (SSSR count). The Morgan fingerprint density at radius 2 is 2.06 bits per heavy atom. The minimum atomic E-state index is -0.114. The van der Waals surface area contributed by atoms with E-state index in [4.69, 9.17) is 5.11 Å². The molecular weight excluding hydrogens is 224 g/mol. The van der Waals surface area contributed by atoms with Gasteiger partial charge in [-0.3, -0.25) is 0 Å². The summed E-state index contributed by atoms with van der Waals surface area (Å²) in [7, 11) is 0. The van der Waals surface area contributed by atoms with Gasteiger partial charge in [-0.2, -0.15) is 0 Å². The Labute approximate surface area is 107 Å². The van der Waals surface area contributed by atoms with Gasteiger partial charge in [-0.05, 0) is 25.5 Å². The van der Waals surface area contributed by atoms with Crippen molar-refractivity contribution in [3.8, 4) is 11.8 Å². The molecule has 0 amide bonds. The highest BCUT2D eigenvalue weighted by Gasteiger charge is 2.05. The van der Waals surface area contributed by atoms with Crippen LogP contribution in [0.4, 0.5) is 0 Å². The molecule has 0 aliphatic heterocycles. The highest BCUT2D eigenvalue weighted by atomic mass is 16.2. The third-order valence-electron chi connectivity index (χ3n) is 3.01. The largest absolute Gasteiger partial charge is 0.384 e. The van der Waals surface area contributed by atoms with E-state index in [-0.39, 0.29) is 6.61 Å². The van der Waals surface area contributed by atoms with E-state index in [2.05, 4.69) is 34.4 Å². The van der Waals surface area contributed by atoms with Crippen molar-refractivity contribution in [1.29, 1.82) is 0 Å². The third kappa shape index (κ3) is 2.61. The molecule has 0 fully saturated rings. The molecule has 0 unspecified atom stereocenters. The summed E-state index contributed by atoms with van der Waals surface area (Å²) in [5.74, 6) is 5.67. The highest BCUT2D eigenvalue weighted by Crippen LogP contribution is 2.12. The zero-order chi connectivity index (χ0) is 13.0. The van der Waals surface area contributed by atoms with Crippen LogP contribution in [0.2, 0.25) is 0 Å². The topological polar surface area (TPSA) is 38.0 Å². The number of imidazole rings is 1. The predicted octanol–water partition coefficient (Wildman–Crippen LogP) is 1.89. The van der Waals surface area contributed by atoms with Crippen molar-refractivity contribution >= 4 is 0 Å². The summed E-state index contributed by atoms with van der Waals surface area (Å²) >= 11 is 0. The summed E-state index contributed by atoms with van der Waals surface area (Å²) in [5, 5.41) is 8.77. The summed E-state index contributed by atoms with van der Waals surface area (Å²) in [5.41, 5.74) is 4.31. The van der Waals surface area contributed by atoms with Gasteiger partial charge in [-0.25, -0.2) is 4.98 Å². The first-order chi connectivity index (χ1) is 8.72. The Kier molecular flexibility index (Phi) is 3.81. The maximum absolute atomic E-state index is 8.77. The number of aryl methyl sites for hydroxylation is 1. The monoisotopic (exact) mass is 240 g/mol. The van der Waals surface area contributed by atoms with Crippen LogP contribution >= 0.6 is 0 Å². The Morgan fingerprint density at radius 3 is 2.72 bits per heavy atom. The summed E-state index contributed by atoms with van der Waals surface area (Å²) < 4.78 is 2.11. The lowest BCUT2D eigenvalue weighted by atomic mass is 10.1. The van der Waals surface area contributed by atoms with Crippen LogP contribution < -0.4 is 0 Å². The number of aliphatic hydroxyl groups excluding tert-OH is 1. The van der Waals surface area contributed by atoms with Crippen LogP contribution in [-0.4, -0.2) is 21.3 Å². The first-order valence-corrected chi connectivity index (χ1v) is 5.88. The number of benzene rings is 1. The van der Waals surface area contributed by atoms with Crippen molar-refractivity contribution in [3.63, 3.8) is 0 Å². The predicted molar refractivity (Wildman–Crippen MR) is 71.2 cm³/mol. The second-order valence-corrected chi connectivity index (χ2v) is 4.16. The molecule has 0 aliphatic carbocycles. The van der Waals surface area contributed by atoms with Gasteiger partial charge in [0.05, 0.1) is 12.0 Å². The lowest BCUT2D eigenvalue weighted by Gasteiger charge is -2.07. The minimum absolute atomic E-state index is 0.114. The van der Waals surface area contributed by atoms with Crippen LogP contribution in [0.15, 0.2) is 30.6 Å². The molecule has 1 N–H and O–H groups in total. The standard InChI is InChI=1S/C15H16N2O/c1-12-13(2)17(11-16-12)10-15-7-4-3-6-14(15)8-5-9-18/h3-4,6-7,11,18H,9-10H2,1-2H3. The van der Waals surface area contributed by atoms with Gasteiger partial charge < -0.3 is 9.67 Å². The highest BCUT2D eigenvalue weighted by molar-refractivity contribution is 5.41. The van der Waals surface area contributed by atoms with Crippen molar-refractivity contribution in [1.82, 2.24) is 9.55 Å². The maximum atomic E-state index is 8.77. The first-order valence-electron chi connectivity index (χ1n) is 5.88. The molecular formula is C15H16N2O. The molecule has 0 saturated heterocycles. The number of hydrogen-bond acceptors (Lipinski definition) is 2. The molecule has 0 spiro atoms. The van der Waals surface area contributed by atoms with Crippen LogP contribution in [0, 0.1) is 25.7 Å². The van der Waals surface area contributed by atoms with Crippen molar-refractivity contribution in [2.75, 3.05) is 6.61 Å². The van der Waals surface area contributed by atoms with Crippen molar-refractivity contribution in [2.24, 2.45) is 0 Å². The molecule has 1 aromatic heterocycles. The summed E-state index contributed by atoms with van der Waals surface area (Å²) in [6.45, 7) is 4.70. The van der Waals surface area contributed by atoms with E-state index < -0.39 is 0 Å². The second-order valence-electron chi connectivity index (χ2n) is 4.16. The second kappa shape index (κ2) is 5.52. The van der Waals surface area contributed by atoms with E-state index in [0.717, 1.165) is 23.4 Å². The number of nitrogens with zero attached hydrogens (tertiary/aromatic N) is 2. The van der Waals surface area contributed by atoms with Gasteiger partial charge in [0.25, 0.3) is 0 Å². The number of aromatic nitrogens is 2. The molecule has 1 heterocycles. The fourth-order valence-electron chi connectivity index (χ4n) is 1.80. The molecule has 2 aromatic rings. The van der Waals surface area contributed by atoms with Gasteiger partial charge >= 0.3 is 0 Å². The Hall–Kier alpha value is -2.05. The number of aliphatic hydroxyl groups is 1. The molecule has 0 saturated carbocycles. The molecule has 0 radical (unpaired) electrons. The summed E-state index contributed by atoms with van der Waals surface area (Å²) in [6.07, 6.45) is 1.85. The normalized spacial score (nSPS) is 9.94. The Bertz CT molecular complexity index is 602. The van der Waals surface area contributed by atoms with E-state index in [0.29, 0.717) is 0 Å². The zero-order valence-electron chi connectivity index (χ0n) is 10.6. The van der Waals surface area contributed by atoms with Gasteiger partial charge in [0.1, 0.15) is 6.61 Å². The van der Waals surface area contributed by atoms with E-state index >= 15 is 0 Å². The van der Waals surface area contributed by atoms with Crippen molar-refractivity contribution in [2.45, 2.75) is 20.4 Å². The van der Waals surface area contributed by atoms with E-state index in [1.165, 1.54) is 5.69 Å². The van der Waals surface area contributed by atoms with Gasteiger partial charge in [-0.15, -0.1) is 0 Å². The average molecular weight is 240 g/mol. The Balaban J connectivity index is 2.32. The van der Waals surface area contributed by atoms with Crippen LogP contribution in [0.25, 0.3) is 0 Å². The smallest absolute Gasteiger partial charge is 0.104 e. The molecule has 0 bridgehead atoms. The molecule has 18 heavy (non-hydrogen) atoms. The maximum Gasteiger partial charge on any atom is 0.104 e. The lowest BCUT2D eigenvalue weighted by molar-refractivity contribution is 0.350. The molecule has 0 aliphatic rings. The SMILES string of the molecule is Cc1ncn(Cc2ccccc2C#CCO)c1C. The minimum Gasteiger partial charge on any atom is -0.384 e. The quantitative estimate of drug-likeness (QED) is 0.814. The van der Waals surface area contributed by atoms with Gasteiger partial charge in [-0.1, -0.05) is 30.0 Å². The van der Waals surface area contributed by atoms with Gasteiger partial charge in [0.15, 0.2) is 0 Å². The summed E-state index contributed by atoms with van der Waals surface area (Å²) in [6, 6.07) is 7.97. The fraction of sp³-hybridized carbons (Fsp3) is 0.267. The van der Waals surface area contributed by atoms with Gasteiger partial charge in [0.2, 0.25) is 0 Å². The molecule has 3 heteroatoms. The van der Waals surface area contributed by atoms with Gasteiger partial charge in [0, 0.05) is 17.8 Å². The van der Waals surface area contributed by atoms with Crippen molar-refractivity contribution < 1.29 is 5.11 Å². The third-order valence-corrected chi connectivity index (χ3v) is 3.01. The van der Waals surface area contributed by atoms with Crippen LogP contribution in [0.3, 0.4) is 0 Å². The van der Waals surface area contributed by atoms with Crippen molar-refractivity contribution in [3.05, 3.63) is 53.1 Å². The van der Waals surface area contributed by atoms with E-state index in [9.17, 15) is 0 Å². The molecule has 0 atom stereocenters. The van der Waals surface area contributed by atoms with E-state index in [1.807, 2.05) is 31.5 Å². The van der Waals surface area contributed by atoms with Crippen LogP contribution in [-0.2, 0) is 6.54 Å². The number of rotatable bonds is 2. The molecule has 3 nitrogen and oxygen atoms in total.